The van der Waals surface area contributed by atoms with Gasteiger partial charge in [0.2, 0.25) is 5.78 Å². The van der Waals surface area contributed by atoms with Crippen molar-refractivity contribution in [3.8, 4) is 0 Å². The number of carbonyl (C=O) groups is 2. The summed E-state index contributed by atoms with van der Waals surface area (Å²) in [6.07, 6.45) is 3.83. The standard InChI is InChI=1S/C23H20ClN3O2/c1-3-21(28)19-14-26(2)23(25-19)22(29)18-13-27(20-7-5-4-6-17(18)20)12-15-8-10-16(24)11-9-15/h4-11,13-14H,3,12H2,1-2H3. The SMILES string of the molecule is CCC(=O)c1cn(C)c(C(=O)c2cn(Cc3ccc(Cl)cc3)c3ccccc23)n1. The molecular weight excluding hydrogens is 386 g/mol. The van der Waals surface area contributed by atoms with Gasteiger partial charge >= 0.3 is 0 Å². The number of carbonyl (C=O) groups excluding carboxylic acids is 2. The van der Waals surface area contributed by atoms with Crippen LogP contribution in [0.4, 0.5) is 0 Å². The van der Waals surface area contributed by atoms with Gasteiger partial charge in [0.1, 0.15) is 5.69 Å². The molecule has 0 aliphatic rings. The number of hydrogen-bond acceptors (Lipinski definition) is 3. The number of hydrogen-bond donors (Lipinski definition) is 0. The van der Waals surface area contributed by atoms with Crippen LogP contribution in [-0.4, -0.2) is 25.7 Å². The first kappa shape index (κ1) is 19.2. The molecular formula is C23H20ClN3O2. The average molecular weight is 406 g/mol. The second-order valence-corrected chi connectivity index (χ2v) is 7.42. The Morgan fingerprint density at radius 2 is 1.76 bits per heavy atom. The van der Waals surface area contributed by atoms with E-state index >= 15 is 0 Å². The second-order valence-electron chi connectivity index (χ2n) is 6.98. The largest absolute Gasteiger partial charge is 0.342 e. The Morgan fingerprint density at radius 3 is 2.48 bits per heavy atom. The fraction of sp³-hybridized carbons (Fsp3) is 0.174. The molecule has 0 saturated carbocycles. The molecule has 0 fully saturated rings. The predicted molar refractivity (Wildman–Crippen MR) is 114 cm³/mol. The van der Waals surface area contributed by atoms with Crippen LogP contribution in [0.2, 0.25) is 5.02 Å². The van der Waals surface area contributed by atoms with Crippen LogP contribution >= 0.6 is 11.6 Å². The smallest absolute Gasteiger partial charge is 0.230 e. The number of para-hydroxylation sites is 1. The lowest BCUT2D eigenvalue weighted by molar-refractivity contribution is 0.0983. The minimum Gasteiger partial charge on any atom is -0.342 e. The molecule has 0 aliphatic heterocycles. The topological polar surface area (TPSA) is 56.9 Å². The zero-order valence-electron chi connectivity index (χ0n) is 16.2. The van der Waals surface area contributed by atoms with Crippen molar-refractivity contribution in [2.45, 2.75) is 19.9 Å². The summed E-state index contributed by atoms with van der Waals surface area (Å²) in [5.74, 6) is -0.0188. The van der Waals surface area contributed by atoms with Gasteiger partial charge in [-0.1, -0.05) is 48.9 Å². The summed E-state index contributed by atoms with van der Waals surface area (Å²) in [4.78, 5) is 29.6. The van der Waals surface area contributed by atoms with Crippen LogP contribution in [0.5, 0.6) is 0 Å². The van der Waals surface area contributed by atoms with Crippen molar-refractivity contribution in [3.63, 3.8) is 0 Å². The molecule has 0 radical (unpaired) electrons. The lowest BCUT2D eigenvalue weighted by Gasteiger charge is -2.05. The number of fused-ring (bicyclic) bond motifs is 1. The number of halogens is 1. The van der Waals surface area contributed by atoms with E-state index in [1.807, 2.05) is 59.3 Å². The van der Waals surface area contributed by atoms with E-state index in [-0.39, 0.29) is 17.4 Å². The first-order chi connectivity index (χ1) is 14.0. The molecule has 0 spiro atoms. The molecule has 29 heavy (non-hydrogen) atoms. The molecule has 4 rings (SSSR count). The van der Waals surface area contributed by atoms with Gasteiger partial charge in [-0.25, -0.2) is 4.98 Å². The Hall–Kier alpha value is -3.18. The molecule has 5 nitrogen and oxygen atoms in total. The summed E-state index contributed by atoms with van der Waals surface area (Å²) < 4.78 is 3.67. The summed E-state index contributed by atoms with van der Waals surface area (Å²) in [7, 11) is 1.74. The van der Waals surface area contributed by atoms with E-state index < -0.39 is 0 Å². The molecule has 2 aromatic heterocycles. The van der Waals surface area contributed by atoms with Gasteiger partial charge in [-0.2, -0.15) is 0 Å². The molecule has 146 valence electrons. The molecule has 0 aliphatic carbocycles. The molecule has 6 heteroatoms. The zero-order valence-corrected chi connectivity index (χ0v) is 17.0. The fourth-order valence-electron chi connectivity index (χ4n) is 3.46. The minimum atomic E-state index is -0.200. The van der Waals surface area contributed by atoms with Crippen molar-refractivity contribution < 1.29 is 9.59 Å². The van der Waals surface area contributed by atoms with E-state index in [9.17, 15) is 9.59 Å². The van der Waals surface area contributed by atoms with E-state index in [0.29, 0.717) is 29.2 Å². The van der Waals surface area contributed by atoms with Crippen LogP contribution in [0, 0.1) is 0 Å². The normalized spacial score (nSPS) is 11.1. The number of aromatic nitrogens is 3. The second kappa shape index (κ2) is 7.68. The maximum Gasteiger partial charge on any atom is 0.230 e. The number of benzene rings is 2. The summed E-state index contributed by atoms with van der Waals surface area (Å²) in [6.45, 7) is 2.40. The maximum atomic E-state index is 13.3. The summed E-state index contributed by atoms with van der Waals surface area (Å²) in [5, 5.41) is 1.55. The number of Topliss-reactive ketones (excluding diaryl/α,β-unsaturated/α-hetero) is 1. The van der Waals surface area contributed by atoms with Gasteiger partial charge in [-0.15, -0.1) is 0 Å². The highest BCUT2D eigenvalue weighted by Gasteiger charge is 2.22. The molecule has 0 atom stereocenters. The van der Waals surface area contributed by atoms with Crippen molar-refractivity contribution in [2.24, 2.45) is 7.05 Å². The van der Waals surface area contributed by atoms with Crippen LogP contribution in [0.25, 0.3) is 10.9 Å². The van der Waals surface area contributed by atoms with Crippen molar-refractivity contribution in [2.75, 3.05) is 0 Å². The summed E-state index contributed by atoms with van der Waals surface area (Å²) in [5.41, 5.74) is 2.94. The van der Waals surface area contributed by atoms with Crippen molar-refractivity contribution in [1.82, 2.24) is 14.1 Å². The molecule has 0 N–H and O–H groups in total. The van der Waals surface area contributed by atoms with Crippen LogP contribution in [0.3, 0.4) is 0 Å². The van der Waals surface area contributed by atoms with E-state index in [4.69, 9.17) is 11.6 Å². The number of ketones is 2. The van der Waals surface area contributed by atoms with Gasteiger partial charge in [0, 0.05) is 48.3 Å². The van der Waals surface area contributed by atoms with E-state index in [1.54, 1.807) is 24.7 Å². The van der Waals surface area contributed by atoms with Crippen LogP contribution in [0.15, 0.2) is 60.9 Å². The van der Waals surface area contributed by atoms with E-state index in [2.05, 4.69) is 4.98 Å². The molecule has 2 aromatic carbocycles. The molecule has 0 bridgehead atoms. The number of nitrogens with zero attached hydrogens (tertiary/aromatic N) is 3. The van der Waals surface area contributed by atoms with Crippen LogP contribution < -0.4 is 0 Å². The first-order valence-electron chi connectivity index (χ1n) is 9.41. The third-order valence-corrected chi connectivity index (χ3v) is 5.24. The average Bonchev–Trinajstić information content (AvgIpc) is 3.30. The van der Waals surface area contributed by atoms with Gasteiger partial charge in [-0.05, 0) is 23.8 Å². The first-order valence-corrected chi connectivity index (χ1v) is 9.79. The van der Waals surface area contributed by atoms with Gasteiger partial charge in [-0.3, -0.25) is 9.59 Å². The molecule has 2 heterocycles. The Balaban J connectivity index is 1.76. The van der Waals surface area contributed by atoms with Gasteiger partial charge in [0.15, 0.2) is 11.6 Å². The predicted octanol–water partition coefficient (Wildman–Crippen LogP) is 4.90. The Kier molecular flexibility index (Phi) is 5.07. The van der Waals surface area contributed by atoms with Crippen LogP contribution in [0.1, 0.15) is 45.6 Å². The Bertz CT molecular complexity index is 1220. The van der Waals surface area contributed by atoms with Gasteiger partial charge in [0.05, 0.1) is 5.56 Å². The zero-order chi connectivity index (χ0) is 20.5. The number of aryl methyl sites for hydroxylation is 1. The lowest BCUT2D eigenvalue weighted by Crippen LogP contribution is -2.08. The quantitative estimate of drug-likeness (QED) is 0.429. The van der Waals surface area contributed by atoms with Crippen molar-refractivity contribution >= 4 is 34.1 Å². The molecule has 0 unspecified atom stereocenters. The van der Waals surface area contributed by atoms with Crippen molar-refractivity contribution in [3.05, 3.63) is 88.6 Å². The van der Waals surface area contributed by atoms with Crippen LogP contribution in [-0.2, 0) is 13.6 Å². The van der Waals surface area contributed by atoms with Crippen molar-refractivity contribution in [1.29, 1.82) is 0 Å². The monoisotopic (exact) mass is 405 g/mol. The van der Waals surface area contributed by atoms with E-state index in [1.165, 1.54) is 0 Å². The highest BCUT2D eigenvalue weighted by molar-refractivity contribution is 6.30. The summed E-state index contributed by atoms with van der Waals surface area (Å²) in [6, 6.07) is 15.4. The highest BCUT2D eigenvalue weighted by Crippen LogP contribution is 2.25. The molecule has 0 saturated heterocycles. The number of imidazole rings is 1. The fourth-order valence-corrected chi connectivity index (χ4v) is 3.58. The molecule has 0 amide bonds. The van der Waals surface area contributed by atoms with Gasteiger partial charge in [0.25, 0.3) is 0 Å². The van der Waals surface area contributed by atoms with E-state index in [0.717, 1.165) is 16.5 Å². The third kappa shape index (κ3) is 3.61. The third-order valence-electron chi connectivity index (χ3n) is 4.99. The maximum absolute atomic E-state index is 13.3. The lowest BCUT2D eigenvalue weighted by atomic mass is 10.1. The molecule has 4 aromatic rings. The summed E-state index contributed by atoms with van der Waals surface area (Å²) >= 11 is 5.99. The van der Waals surface area contributed by atoms with Gasteiger partial charge < -0.3 is 9.13 Å². The Morgan fingerprint density at radius 1 is 1.03 bits per heavy atom. The minimum absolute atomic E-state index is 0.0789. The number of rotatable bonds is 6. The highest BCUT2D eigenvalue weighted by atomic mass is 35.5. The Labute approximate surface area is 173 Å².